The fraction of sp³-hybridized carbons (Fsp3) is 0.250. The Balaban J connectivity index is 0.000000251. The van der Waals surface area contributed by atoms with Gasteiger partial charge in [-0.15, -0.1) is 0 Å². The van der Waals surface area contributed by atoms with Gasteiger partial charge >= 0.3 is 0 Å². The number of para-hydroxylation sites is 4. The highest BCUT2D eigenvalue weighted by molar-refractivity contribution is 5.53. The number of ether oxygens (including phenoxy) is 2. The Morgan fingerprint density at radius 2 is 0.618 bits per heavy atom. The summed E-state index contributed by atoms with van der Waals surface area (Å²) in [7, 11) is 0. The molecule has 0 saturated carbocycles. The predicted molar refractivity (Wildman–Crippen MR) is 147 cm³/mol. The maximum atomic E-state index is 5.65. The van der Waals surface area contributed by atoms with E-state index in [0.29, 0.717) is 0 Å². The Bertz CT molecular complexity index is 884. The van der Waals surface area contributed by atoms with Crippen molar-refractivity contribution in [3.8, 4) is 23.0 Å². The lowest BCUT2D eigenvalue weighted by Gasteiger charge is -2.19. The molecule has 0 atom stereocenters. The Kier molecular flexibility index (Phi) is 15.1. The topological polar surface area (TPSA) is 18.5 Å². The van der Waals surface area contributed by atoms with E-state index in [1.54, 1.807) is 0 Å². The maximum absolute atomic E-state index is 5.65. The van der Waals surface area contributed by atoms with Crippen molar-refractivity contribution in [1.29, 1.82) is 0 Å². The van der Waals surface area contributed by atoms with Crippen LogP contribution in [0.25, 0.3) is 0 Å². The third-order valence-electron chi connectivity index (χ3n) is 4.64. The van der Waals surface area contributed by atoms with Crippen molar-refractivity contribution < 1.29 is 9.47 Å². The first-order valence-corrected chi connectivity index (χ1v) is 12.4. The summed E-state index contributed by atoms with van der Waals surface area (Å²) < 4.78 is 11.3. The summed E-state index contributed by atoms with van der Waals surface area (Å²) >= 11 is 0. The maximum Gasteiger partial charge on any atom is 0.170 e. The van der Waals surface area contributed by atoms with Crippen LogP contribution < -0.4 is 9.47 Å². The van der Waals surface area contributed by atoms with Gasteiger partial charge in [-0.2, -0.15) is 0 Å². The van der Waals surface area contributed by atoms with Crippen LogP contribution in [0.3, 0.4) is 0 Å². The van der Waals surface area contributed by atoms with E-state index in [1.165, 1.54) is 11.1 Å². The van der Waals surface area contributed by atoms with Gasteiger partial charge in [0, 0.05) is 0 Å². The molecule has 0 radical (unpaired) electrons. The van der Waals surface area contributed by atoms with Crippen molar-refractivity contribution in [3.63, 3.8) is 0 Å². The second-order valence-electron chi connectivity index (χ2n) is 6.78. The number of aryl methyl sites for hydroxylation is 2. The SMILES string of the molecule is CC.CC.CCc1ccccc1.CCc1ccccc1.c1ccc2c(c1)Oc1ccccc1O2. The summed E-state index contributed by atoms with van der Waals surface area (Å²) in [6, 6.07) is 36.2. The zero-order valence-corrected chi connectivity index (χ0v) is 21.6. The Hall–Kier alpha value is -3.52. The number of benzene rings is 4. The molecular weight excluding hydrogens is 416 g/mol. The van der Waals surface area contributed by atoms with Crippen molar-refractivity contribution in [2.45, 2.75) is 54.4 Å². The van der Waals surface area contributed by atoms with Crippen LogP contribution in [-0.4, -0.2) is 0 Å². The number of rotatable bonds is 2. The Labute approximate surface area is 207 Å². The molecule has 1 heterocycles. The summed E-state index contributed by atoms with van der Waals surface area (Å²) in [5, 5.41) is 0. The minimum atomic E-state index is 0.770. The molecule has 2 nitrogen and oxygen atoms in total. The van der Waals surface area contributed by atoms with Crippen molar-refractivity contribution in [1.82, 2.24) is 0 Å². The van der Waals surface area contributed by atoms with E-state index in [9.17, 15) is 0 Å². The minimum absolute atomic E-state index is 0.770. The standard InChI is InChI=1S/C12H8O2.2C8H10.2C2H6/c1-2-6-10-9(5-1)13-11-7-3-4-8-12(11)14-10;2*1-2-8-6-4-3-5-7-8;2*1-2/h1-8H;2*3-7H,2H2,1H3;2*1-2H3. The average molecular weight is 457 g/mol. The van der Waals surface area contributed by atoms with Gasteiger partial charge in [0.2, 0.25) is 0 Å². The van der Waals surface area contributed by atoms with Gasteiger partial charge in [-0.05, 0) is 48.2 Å². The molecule has 1 aliphatic rings. The molecule has 4 aromatic carbocycles. The van der Waals surface area contributed by atoms with Crippen LogP contribution in [0.2, 0.25) is 0 Å². The van der Waals surface area contributed by atoms with Crippen molar-refractivity contribution in [2.75, 3.05) is 0 Å². The fourth-order valence-corrected chi connectivity index (χ4v) is 2.90. The third kappa shape index (κ3) is 9.95. The number of hydrogen-bond acceptors (Lipinski definition) is 2. The largest absolute Gasteiger partial charge is 0.450 e. The number of fused-ring (bicyclic) bond motifs is 2. The molecule has 0 N–H and O–H groups in total. The van der Waals surface area contributed by atoms with Gasteiger partial charge in [0.15, 0.2) is 23.0 Å². The van der Waals surface area contributed by atoms with Crippen LogP contribution in [0.1, 0.15) is 52.7 Å². The second kappa shape index (κ2) is 18.0. The third-order valence-corrected chi connectivity index (χ3v) is 4.64. The molecule has 4 aromatic rings. The minimum Gasteiger partial charge on any atom is -0.450 e. The lowest BCUT2D eigenvalue weighted by Crippen LogP contribution is -1.97. The van der Waals surface area contributed by atoms with Gasteiger partial charge in [0.25, 0.3) is 0 Å². The van der Waals surface area contributed by atoms with Gasteiger partial charge in [-0.25, -0.2) is 0 Å². The lowest BCUT2D eigenvalue weighted by molar-refractivity contribution is 0.359. The molecule has 1 aliphatic heterocycles. The molecule has 34 heavy (non-hydrogen) atoms. The summed E-state index contributed by atoms with van der Waals surface area (Å²) in [5.74, 6) is 3.08. The molecular formula is C32H40O2. The van der Waals surface area contributed by atoms with Gasteiger partial charge < -0.3 is 9.47 Å². The van der Waals surface area contributed by atoms with Crippen LogP contribution in [0.4, 0.5) is 0 Å². The van der Waals surface area contributed by atoms with Crippen LogP contribution in [-0.2, 0) is 12.8 Å². The summed E-state index contributed by atoms with van der Waals surface area (Å²) in [6.07, 6.45) is 2.28. The highest BCUT2D eigenvalue weighted by Crippen LogP contribution is 2.44. The zero-order chi connectivity index (χ0) is 25.0. The number of hydrogen-bond donors (Lipinski definition) is 0. The quantitative estimate of drug-likeness (QED) is 0.263. The van der Waals surface area contributed by atoms with Crippen LogP contribution >= 0.6 is 0 Å². The smallest absolute Gasteiger partial charge is 0.170 e. The van der Waals surface area contributed by atoms with E-state index in [0.717, 1.165) is 35.8 Å². The van der Waals surface area contributed by atoms with E-state index in [1.807, 2.05) is 88.4 Å². The normalized spacial score (nSPS) is 9.59. The first-order chi connectivity index (χ1) is 16.8. The van der Waals surface area contributed by atoms with E-state index >= 15 is 0 Å². The Morgan fingerprint density at radius 3 is 0.824 bits per heavy atom. The van der Waals surface area contributed by atoms with Crippen LogP contribution in [0, 0.1) is 0 Å². The monoisotopic (exact) mass is 456 g/mol. The molecule has 5 rings (SSSR count). The predicted octanol–water partition coefficient (Wildman–Crippen LogP) is 10.1. The second-order valence-corrected chi connectivity index (χ2v) is 6.78. The molecule has 0 fully saturated rings. The highest BCUT2D eigenvalue weighted by atomic mass is 16.6. The van der Waals surface area contributed by atoms with E-state index in [-0.39, 0.29) is 0 Å². The summed E-state index contributed by atoms with van der Waals surface area (Å²) in [6.45, 7) is 12.3. The molecule has 0 bridgehead atoms. The van der Waals surface area contributed by atoms with E-state index in [2.05, 4.69) is 62.4 Å². The van der Waals surface area contributed by atoms with Gasteiger partial charge in [0.1, 0.15) is 0 Å². The van der Waals surface area contributed by atoms with Crippen molar-refractivity contribution >= 4 is 0 Å². The van der Waals surface area contributed by atoms with Gasteiger partial charge in [-0.1, -0.05) is 126 Å². The van der Waals surface area contributed by atoms with Crippen molar-refractivity contribution in [3.05, 3.63) is 120 Å². The summed E-state index contributed by atoms with van der Waals surface area (Å²) in [4.78, 5) is 0. The first-order valence-electron chi connectivity index (χ1n) is 12.4. The summed E-state index contributed by atoms with van der Waals surface area (Å²) in [5.41, 5.74) is 2.82. The van der Waals surface area contributed by atoms with E-state index < -0.39 is 0 Å². The molecule has 180 valence electrons. The highest BCUT2D eigenvalue weighted by Gasteiger charge is 2.16. The van der Waals surface area contributed by atoms with Crippen molar-refractivity contribution in [2.24, 2.45) is 0 Å². The molecule has 0 saturated heterocycles. The van der Waals surface area contributed by atoms with Gasteiger partial charge in [0.05, 0.1) is 0 Å². The first kappa shape index (κ1) is 28.5. The molecule has 0 amide bonds. The fourth-order valence-electron chi connectivity index (χ4n) is 2.90. The van der Waals surface area contributed by atoms with Crippen LogP contribution in [0.5, 0.6) is 23.0 Å². The van der Waals surface area contributed by atoms with Crippen LogP contribution in [0.15, 0.2) is 109 Å². The van der Waals surface area contributed by atoms with Gasteiger partial charge in [-0.3, -0.25) is 0 Å². The molecule has 0 aromatic heterocycles. The average Bonchev–Trinajstić information content (AvgIpc) is 2.95. The molecule has 2 heteroatoms. The van der Waals surface area contributed by atoms with E-state index in [4.69, 9.17) is 9.47 Å². The zero-order valence-electron chi connectivity index (χ0n) is 21.6. The lowest BCUT2D eigenvalue weighted by atomic mass is 10.2. The molecule has 0 aliphatic carbocycles. The molecule has 0 unspecified atom stereocenters. The Morgan fingerprint density at radius 1 is 0.382 bits per heavy atom. The molecule has 0 spiro atoms.